The van der Waals surface area contributed by atoms with Crippen molar-refractivity contribution in [3.63, 3.8) is 0 Å². The zero-order chi connectivity index (χ0) is 15.6. The molecule has 1 aromatic rings. The van der Waals surface area contributed by atoms with E-state index in [1.165, 1.54) is 24.6 Å². The van der Waals surface area contributed by atoms with Crippen LogP contribution in [0.1, 0.15) is 18.4 Å². The van der Waals surface area contributed by atoms with Crippen LogP contribution in [0.25, 0.3) is 0 Å². The summed E-state index contributed by atoms with van der Waals surface area (Å²) < 4.78 is 37.1. The number of alkyl halides is 1. The highest BCUT2D eigenvalue weighted by Crippen LogP contribution is 2.36. The maximum absolute atomic E-state index is 12.6. The number of halogens is 1. The molecule has 1 fully saturated rings. The summed E-state index contributed by atoms with van der Waals surface area (Å²) >= 11 is 5.89. The van der Waals surface area contributed by atoms with Gasteiger partial charge in [0.1, 0.15) is 0 Å². The third-order valence-corrected chi connectivity index (χ3v) is 5.68. The van der Waals surface area contributed by atoms with Crippen molar-refractivity contribution in [3.8, 4) is 11.5 Å². The average molecular weight is 334 g/mol. The van der Waals surface area contributed by atoms with E-state index in [0.717, 1.165) is 12.8 Å². The Kier molecular flexibility index (Phi) is 5.01. The van der Waals surface area contributed by atoms with E-state index in [0.29, 0.717) is 29.5 Å². The number of hydrogen-bond donors (Lipinski definition) is 0. The second kappa shape index (κ2) is 6.42. The predicted octanol–water partition coefficient (Wildman–Crippen LogP) is 2.47. The first-order valence-electron chi connectivity index (χ1n) is 6.71. The summed E-state index contributed by atoms with van der Waals surface area (Å²) in [6.07, 6.45) is 2.19. The summed E-state index contributed by atoms with van der Waals surface area (Å²) in [6, 6.07) is 3.03. The van der Waals surface area contributed by atoms with Gasteiger partial charge in [-0.15, -0.1) is 11.6 Å². The van der Waals surface area contributed by atoms with E-state index >= 15 is 0 Å². The lowest BCUT2D eigenvalue weighted by molar-refractivity contribution is 0.351. The second-order valence-corrected chi connectivity index (χ2v) is 7.49. The summed E-state index contributed by atoms with van der Waals surface area (Å²) in [4.78, 5) is 0.180. The molecular formula is C14H20ClNO4S. The molecule has 0 aliphatic heterocycles. The SMILES string of the molecule is COc1cc(S(=O)(=O)N(C)CC2CC2)cc(CCl)c1OC. The zero-order valence-electron chi connectivity index (χ0n) is 12.4. The molecule has 1 aliphatic rings. The fourth-order valence-corrected chi connectivity index (χ4v) is 3.72. The van der Waals surface area contributed by atoms with Crippen molar-refractivity contribution < 1.29 is 17.9 Å². The lowest BCUT2D eigenvalue weighted by atomic mass is 10.2. The summed E-state index contributed by atoms with van der Waals surface area (Å²) in [5.74, 6) is 1.47. The fourth-order valence-electron chi connectivity index (χ4n) is 2.21. The molecule has 1 aliphatic carbocycles. The quantitative estimate of drug-likeness (QED) is 0.719. The van der Waals surface area contributed by atoms with Crippen molar-refractivity contribution in [2.24, 2.45) is 5.92 Å². The van der Waals surface area contributed by atoms with Gasteiger partial charge in [-0.1, -0.05) is 0 Å². The van der Waals surface area contributed by atoms with Crippen molar-refractivity contribution in [3.05, 3.63) is 17.7 Å². The zero-order valence-corrected chi connectivity index (χ0v) is 14.0. The minimum Gasteiger partial charge on any atom is -0.493 e. The van der Waals surface area contributed by atoms with Crippen molar-refractivity contribution in [1.82, 2.24) is 4.31 Å². The van der Waals surface area contributed by atoms with Gasteiger partial charge in [0.15, 0.2) is 11.5 Å². The van der Waals surface area contributed by atoms with Gasteiger partial charge in [0.2, 0.25) is 10.0 Å². The van der Waals surface area contributed by atoms with E-state index < -0.39 is 10.0 Å². The van der Waals surface area contributed by atoms with Gasteiger partial charge in [0, 0.05) is 25.2 Å². The van der Waals surface area contributed by atoms with Gasteiger partial charge in [-0.25, -0.2) is 12.7 Å². The number of methoxy groups -OCH3 is 2. The third-order valence-electron chi connectivity index (χ3n) is 3.59. The highest BCUT2D eigenvalue weighted by Gasteiger charge is 2.30. The van der Waals surface area contributed by atoms with Crippen LogP contribution in [0.15, 0.2) is 17.0 Å². The Labute approximate surface area is 130 Å². The minimum atomic E-state index is -3.55. The molecule has 0 aromatic heterocycles. The monoisotopic (exact) mass is 333 g/mol. The predicted molar refractivity (Wildman–Crippen MR) is 81.6 cm³/mol. The minimum absolute atomic E-state index is 0.148. The fraction of sp³-hybridized carbons (Fsp3) is 0.571. The molecule has 2 rings (SSSR count). The second-order valence-electron chi connectivity index (χ2n) is 5.18. The molecular weight excluding hydrogens is 314 g/mol. The smallest absolute Gasteiger partial charge is 0.242 e. The van der Waals surface area contributed by atoms with E-state index in [9.17, 15) is 8.42 Å². The summed E-state index contributed by atoms with van der Waals surface area (Å²) in [5.41, 5.74) is 0.594. The van der Waals surface area contributed by atoms with Crippen molar-refractivity contribution >= 4 is 21.6 Å². The largest absolute Gasteiger partial charge is 0.493 e. The molecule has 1 aromatic carbocycles. The van der Waals surface area contributed by atoms with E-state index in [2.05, 4.69) is 0 Å². The lowest BCUT2D eigenvalue weighted by Crippen LogP contribution is -2.29. The topological polar surface area (TPSA) is 55.8 Å². The molecule has 0 bridgehead atoms. The normalized spacial score (nSPS) is 15.3. The summed E-state index contributed by atoms with van der Waals surface area (Å²) in [5, 5.41) is 0. The molecule has 1 saturated carbocycles. The Morgan fingerprint density at radius 2 is 1.95 bits per heavy atom. The van der Waals surface area contributed by atoms with Crippen LogP contribution in [0, 0.1) is 5.92 Å². The van der Waals surface area contributed by atoms with Crippen LogP contribution in [0.3, 0.4) is 0 Å². The first-order chi connectivity index (χ1) is 9.93. The first-order valence-corrected chi connectivity index (χ1v) is 8.68. The van der Waals surface area contributed by atoms with Crippen LogP contribution in [0.2, 0.25) is 0 Å². The molecule has 0 N–H and O–H groups in total. The van der Waals surface area contributed by atoms with Crippen LogP contribution >= 0.6 is 11.6 Å². The highest BCUT2D eigenvalue weighted by molar-refractivity contribution is 7.89. The molecule has 0 atom stereocenters. The molecule has 0 radical (unpaired) electrons. The molecule has 0 saturated heterocycles. The Bertz CT molecular complexity index is 588. The molecule has 118 valence electrons. The van der Waals surface area contributed by atoms with Gasteiger partial charge in [0.05, 0.1) is 25.0 Å². The Hall–Kier alpha value is -0.980. The molecule has 0 heterocycles. The van der Waals surface area contributed by atoms with Crippen molar-refractivity contribution in [2.45, 2.75) is 23.6 Å². The number of hydrogen-bond acceptors (Lipinski definition) is 4. The maximum atomic E-state index is 12.6. The molecule has 5 nitrogen and oxygen atoms in total. The van der Waals surface area contributed by atoms with E-state index in [1.807, 2.05) is 0 Å². The number of nitrogens with zero attached hydrogens (tertiary/aromatic N) is 1. The summed E-state index contributed by atoms with van der Waals surface area (Å²) in [6.45, 7) is 0.548. The van der Waals surface area contributed by atoms with Crippen LogP contribution in [0.5, 0.6) is 11.5 Å². The van der Waals surface area contributed by atoms with Crippen molar-refractivity contribution in [1.29, 1.82) is 0 Å². The van der Waals surface area contributed by atoms with E-state index in [-0.39, 0.29) is 10.8 Å². The summed E-state index contributed by atoms with van der Waals surface area (Å²) in [7, 11) is 1.03. The molecule has 0 spiro atoms. The Morgan fingerprint density at radius 3 is 2.43 bits per heavy atom. The molecule has 0 amide bonds. The molecule has 7 heteroatoms. The van der Waals surface area contributed by atoms with Gasteiger partial charge in [-0.3, -0.25) is 0 Å². The Morgan fingerprint density at radius 1 is 1.29 bits per heavy atom. The number of benzene rings is 1. The van der Waals surface area contributed by atoms with Crippen LogP contribution < -0.4 is 9.47 Å². The van der Waals surface area contributed by atoms with Gasteiger partial charge in [0.25, 0.3) is 0 Å². The van der Waals surface area contributed by atoms with Crippen LogP contribution in [-0.2, 0) is 15.9 Å². The number of sulfonamides is 1. The van der Waals surface area contributed by atoms with Gasteiger partial charge >= 0.3 is 0 Å². The standard InChI is InChI=1S/C14H20ClNO4S/c1-16(9-10-4-5-10)21(17,18)12-6-11(8-15)14(20-3)13(7-12)19-2/h6-7,10H,4-5,8-9H2,1-3H3. The first kappa shape index (κ1) is 16.4. The molecule has 21 heavy (non-hydrogen) atoms. The molecule has 0 unspecified atom stereocenters. The van der Waals surface area contributed by atoms with Crippen molar-refractivity contribution in [2.75, 3.05) is 27.8 Å². The lowest BCUT2D eigenvalue weighted by Gasteiger charge is -2.19. The van der Waals surface area contributed by atoms with E-state index in [4.69, 9.17) is 21.1 Å². The van der Waals surface area contributed by atoms with Crippen LogP contribution in [0.4, 0.5) is 0 Å². The highest BCUT2D eigenvalue weighted by atomic mass is 35.5. The van der Waals surface area contributed by atoms with Crippen LogP contribution in [-0.4, -0.2) is 40.5 Å². The maximum Gasteiger partial charge on any atom is 0.242 e. The van der Waals surface area contributed by atoms with Gasteiger partial charge < -0.3 is 9.47 Å². The number of rotatable bonds is 7. The van der Waals surface area contributed by atoms with Gasteiger partial charge in [-0.2, -0.15) is 0 Å². The third kappa shape index (κ3) is 3.44. The van der Waals surface area contributed by atoms with Gasteiger partial charge in [-0.05, 0) is 24.8 Å². The average Bonchev–Trinajstić information content (AvgIpc) is 3.29. The Balaban J connectivity index is 2.42. The van der Waals surface area contributed by atoms with E-state index in [1.54, 1.807) is 13.1 Å². The number of ether oxygens (including phenoxy) is 2.